The van der Waals surface area contributed by atoms with Crippen LogP contribution in [0, 0.1) is 6.92 Å². The van der Waals surface area contributed by atoms with Gasteiger partial charge < -0.3 is 13.8 Å². The average molecular weight is 716 g/mol. The molecule has 0 unspecified atom stereocenters. The van der Waals surface area contributed by atoms with Crippen LogP contribution in [0.1, 0.15) is 68.8 Å². The van der Waals surface area contributed by atoms with Gasteiger partial charge in [0.1, 0.15) is 22.3 Å². The summed E-state index contributed by atoms with van der Waals surface area (Å²) in [6.07, 6.45) is 6.60. The molecule has 3 nitrogen and oxygen atoms in total. The number of rotatable bonds is 5. The van der Waals surface area contributed by atoms with Crippen LogP contribution in [0.2, 0.25) is 0 Å². The van der Waals surface area contributed by atoms with Crippen LogP contribution in [0.5, 0.6) is 0 Å². The van der Waals surface area contributed by atoms with Gasteiger partial charge in [0, 0.05) is 33.4 Å². The van der Waals surface area contributed by atoms with Crippen molar-refractivity contribution in [3.8, 4) is 22.3 Å². The lowest BCUT2D eigenvalue weighted by Gasteiger charge is -2.09. The fourth-order valence-corrected chi connectivity index (χ4v) is 7.98. The second kappa shape index (κ2) is 13.8. The third-order valence-electron chi connectivity index (χ3n) is 11.0. The molecule has 0 amide bonds. The number of para-hydroxylation sites is 2. The molecule has 0 atom stereocenters. The molecule has 3 aromatic heterocycles. The van der Waals surface area contributed by atoms with Gasteiger partial charge in [0.05, 0.1) is 5.56 Å². The Labute approximate surface area is 321 Å². The molecule has 0 bridgehead atoms. The number of hydrogen-bond donors (Lipinski definition) is 1. The topological polar surface area (TPSA) is 42.1 Å². The minimum absolute atomic E-state index is 0.442. The fraction of sp³-hybridized carbons (Fsp3) is 0.154. The standard InChI is InChI=1S/C52H45NO2/c1-7-34-24-36(31(2)3)19-21-39(34)28-43-23-33(6)22-41(27-42(30-53-43)38-20-17-35-16-18-37(32(4)5)25-40(35)26-38)50-51-46(44-12-8-10-14-48(44)54-51)29-47-45-13-9-11-15-49(45)55-52(47)50/h7-32,53H,1-6H3/b33-22?,34-7-,39-28-,41-27?,42-30?,43-23?. The van der Waals surface area contributed by atoms with Gasteiger partial charge in [-0.3, -0.25) is 0 Å². The summed E-state index contributed by atoms with van der Waals surface area (Å²) >= 11 is 0. The Morgan fingerprint density at radius 1 is 0.527 bits per heavy atom. The van der Waals surface area contributed by atoms with Gasteiger partial charge in [-0.2, -0.15) is 0 Å². The molecule has 0 saturated carbocycles. The van der Waals surface area contributed by atoms with Crippen LogP contribution in [-0.2, 0) is 0 Å². The van der Waals surface area contributed by atoms with E-state index in [1.807, 2.05) is 24.3 Å². The lowest BCUT2D eigenvalue weighted by molar-refractivity contribution is 0.658. The van der Waals surface area contributed by atoms with Crippen molar-refractivity contribution in [2.45, 2.75) is 53.4 Å². The highest BCUT2D eigenvalue weighted by molar-refractivity contribution is 6.22. The predicted molar refractivity (Wildman–Crippen MR) is 234 cm³/mol. The van der Waals surface area contributed by atoms with Gasteiger partial charge in [-0.05, 0) is 123 Å². The molecule has 0 saturated heterocycles. The van der Waals surface area contributed by atoms with Crippen molar-refractivity contribution in [2.75, 3.05) is 0 Å². The maximum Gasteiger partial charge on any atom is 0.147 e. The SMILES string of the molecule is C/C=c1/cc(C(C)C)cc/c1=C/c1cc(C)cc(-c2c3oc4ccccc4c3cc3c2oc2ccccc23)cc(-c2ccc3ccc(C(C)C)cc3c2)c[nH]1. The second-order valence-corrected chi connectivity index (χ2v) is 15.5. The van der Waals surface area contributed by atoms with Gasteiger partial charge >= 0.3 is 0 Å². The summed E-state index contributed by atoms with van der Waals surface area (Å²) in [5.41, 5.74) is 12.2. The number of benzene rings is 6. The molecule has 55 heavy (non-hydrogen) atoms. The number of aromatic nitrogens is 1. The number of fused-ring (bicyclic) bond motifs is 7. The van der Waals surface area contributed by atoms with Crippen LogP contribution >= 0.6 is 0 Å². The monoisotopic (exact) mass is 715 g/mol. The number of nitrogens with one attached hydrogen (secondary N) is 1. The molecule has 0 fully saturated rings. The highest BCUT2D eigenvalue weighted by Crippen LogP contribution is 2.45. The van der Waals surface area contributed by atoms with Gasteiger partial charge in [0.15, 0.2) is 0 Å². The molecule has 3 heteroatoms. The normalized spacial score (nSPS) is 12.7. The van der Waals surface area contributed by atoms with E-state index in [2.05, 4.69) is 168 Å². The van der Waals surface area contributed by atoms with Gasteiger partial charge in [-0.25, -0.2) is 0 Å². The van der Waals surface area contributed by atoms with Crippen molar-refractivity contribution in [2.24, 2.45) is 0 Å². The molecule has 270 valence electrons. The quantitative estimate of drug-likeness (QED) is 0.193. The third kappa shape index (κ3) is 6.30. The summed E-state index contributed by atoms with van der Waals surface area (Å²) < 4.78 is 13.6. The summed E-state index contributed by atoms with van der Waals surface area (Å²) in [7, 11) is 0. The Kier molecular flexibility index (Phi) is 8.66. The van der Waals surface area contributed by atoms with Crippen LogP contribution in [0.25, 0.3) is 89.1 Å². The van der Waals surface area contributed by atoms with Gasteiger partial charge in [0.25, 0.3) is 0 Å². The maximum absolute atomic E-state index is 6.78. The Balaban J connectivity index is 1.38. The van der Waals surface area contributed by atoms with E-state index in [-0.39, 0.29) is 0 Å². The molecule has 1 N–H and O–H groups in total. The second-order valence-electron chi connectivity index (χ2n) is 15.5. The van der Waals surface area contributed by atoms with Gasteiger partial charge in [0.2, 0.25) is 0 Å². The van der Waals surface area contributed by atoms with Gasteiger partial charge in [-0.1, -0.05) is 125 Å². The minimum Gasteiger partial charge on any atom is -0.455 e. The van der Waals surface area contributed by atoms with Crippen LogP contribution < -0.4 is 10.4 Å². The molecule has 0 aliphatic heterocycles. The Hall–Kier alpha value is -6.32. The molecule has 0 aliphatic carbocycles. The van der Waals surface area contributed by atoms with Crippen molar-refractivity contribution in [1.82, 2.24) is 4.98 Å². The molecular formula is C52H45NO2. The van der Waals surface area contributed by atoms with Crippen LogP contribution in [0.15, 0.2) is 142 Å². The molecule has 0 radical (unpaired) electrons. The van der Waals surface area contributed by atoms with E-state index in [1.54, 1.807) is 0 Å². The van der Waals surface area contributed by atoms with Crippen LogP contribution in [0.3, 0.4) is 0 Å². The molecule has 6 aromatic carbocycles. The average Bonchev–Trinajstić information content (AvgIpc) is 3.77. The highest BCUT2D eigenvalue weighted by atomic mass is 16.3. The van der Waals surface area contributed by atoms with E-state index in [1.165, 1.54) is 32.3 Å². The predicted octanol–water partition coefficient (Wildman–Crippen LogP) is 13.6. The molecule has 0 spiro atoms. The van der Waals surface area contributed by atoms with E-state index < -0.39 is 0 Å². The van der Waals surface area contributed by atoms with E-state index >= 15 is 0 Å². The summed E-state index contributed by atoms with van der Waals surface area (Å²) in [5, 5.41) is 9.17. The largest absolute Gasteiger partial charge is 0.455 e. The number of aromatic amines is 1. The number of furan rings is 2. The van der Waals surface area contributed by atoms with Crippen molar-refractivity contribution < 1.29 is 8.83 Å². The Morgan fingerprint density at radius 3 is 1.84 bits per heavy atom. The summed E-state index contributed by atoms with van der Waals surface area (Å²) in [5.74, 6) is 0.903. The fourth-order valence-electron chi connectivity index (χ4n) is 7.98. The number of H-pyrrole nitrogens is 1. The van der Waals surface area contributed by atoms with Crippen molar-refractivity contribution in [3.63, 3.8) is 0 Å². The molecule has 9 rings (SSSR count). The first-order chi connectivity index (χ1) is 26.7. The smallest absolute Gasteiger partial charge is 0.147 e. The maximum atomic E-state index is 6.78. The zero-order valence-electron chi connectivity index (χ0n) is 32.3. The van der Waals surface area contributed by atoms with E-state index in [0.29, 0.717) is 11.8 Å². The molecule has 9 aromatic rings. The van der Waals surface area contributed by atoms with E-state index in [0.717, 1.165) is 77.4 Å². The lowest BCUT2D eigenvalue weighted by atomic mass is 9.95. The first-order valence-electron chi connectivity index (χ1n) is 19.4. The summed E-state index contributed by atoms with van der Waals surface area (Å²) in [4.78, 5) is 3.74. The van der Waals surface area contributed by atoms with Crippen LogP contribution in [-0.4, -0.2) is 4.98 Å². The number of hydrogen-bond acceptors (Lipinski definition) is 2. The summed E-state index contributed by atoms with van der Waals surface area (Å²) in [6.45, 7) is 13.3. The first-order valence-corrected chi connectivity index (χ1v) is 19.4. The Morgan fingerprint density at radius 2 is 1.16 bits per heavy atom. The van der Waals surface area contributed by atoms with Crippen molar-refractivity contribution in [3.05, 3.63) is 166 Å². The zero-order valence-corrected chi connectivity index (χ0v) is 32.3. The Bertz CT molecular complexity index is 3040. The number of aryl methyl sites for hydroxylation is 1. The van der Waals surface area contributed by atoms with Gasteiger partial charge in [-0.15, -0.1) is 0 Å². The van der Waals surface area contributed by atoms with Crippen molar-refractivity contribution in [1.29, 1.82) is 0 Å². The van der Waals surface area contributed by atoms with Crippen molar-refractivity contribution >= 4 is 66.8 Å². The summed E-state index contributed by atoms with van der Waals surface area (Å²) in [6, 6.07) is 46.0. The van der Waals surface area contributed by atoms with E-state index in [4.69, 9.17) is 8.83 Å². The molecular weight excluding hydrogens is 671 g/mol. The lowest BCUT2D eigenvalue weighted by Crippen LogP contribution is -2.25. The zero-order chi connectivity index (χ0) is 37.8. The first kappa shape index (κ1) is 34.4. The third-order valence-corrected chi connectivity index (χ3v) is 11.0. The van der Waals surface area contributed by atoms with Crippen LogP contribution in [0.4, 0.5) is 0 Å². The molecule has 3 heterocycles. The minimum atomic E-state index is 0.442. The molecule has 0 aliphatic rings. The van der Waals surface area contributed by atoms with E-state index in [9.17, 15) is 0 Å². The highest BCUT2D eigenvalue weighted by Gasteiger charge is 2.21.